The Labute approximate surface area is 206 Å². The van der Waals surface area contributed by atoms with E-state index in [9.17, 15) is 4.79 Å². The summed E-state index contributed by atoms with van der Waals surface area (Å²) in [5.41, 5.74) is 3.41. The highest BCUT2D eigenvalue weighted by Crippen LogP contribution is 2.45. The third kappa shape index (κ3) is 4.98. The number of rotatable bonds is 7. The predicted octanol–water partition coefficient (Wildman–Crippen LogP) is 4.99. The predicted molar refractivity (Wildman–Crippen MR) is 133 cm³/mol. The van der Waals surface area contributed by atoms with Crippen LogP contribution in [0.2, 0.25) is 0 Å². The van der Waals surface area contributed by atoms with Crippen LogP contribution in [0.15, 0.2) is 72.8 Å². The van der Waals surface area contributed by atoms with E-state index in [2.05, 4.69) is 47.4 Å². The highest BCUT2D eigenvalue weighted by atomic mass is 16.7. The molecule has 5 rings (SSSR count). The summed E-state index contributed by atoms with van der Waals surface area (Å²) >= 11 is 0. The second kappa shape index (κ2) is 10.4. The van der Waals surface area contributed by atoms with Crippen molar-refractivity contribution < 1.29 is 23.7 Å². The van der Waals surface area contributed by atoms with E-state index in [1.54, 1.807) is 7.11 Å². The van der Waals surface area contributed by atoms with Crippen molar-refractivity contribution in [1.82, 2.24) is 4.90 Å². The number of benzene rings is 3. The Morgan fingerprint density at radius 1 is 0.914 bits per heavy atom. The van der Waals surface area contributed by atoms with E-state index in [1.807, 2.05) is 37.3 Å². The number of fused-ring (bicyclic) bond motifs is 1. The Morgan fingerprint density at radius 2 is 1.60 bits per heavy atom. The number of nitrogens with zero attached hydrogens (tertiary/aromatic N) is 1. The molecule has 6 nitrogen and oxygen atoms in total. The first kappa shape index (κ1) is 23.2. The molecule has 0 spiro atoms. The molecule has 3 aromatic carbocycles. The molecule has 2 heterocycles. The lowest BCUT2D eigenvalue weighted by molar-refractivity contribution is -0.151. The van der Waals surface area contributed by atoms with Crippen molar-refractivity contribution in [2.45, 2.75) is 25.3 Å². The van der Waals surface area contributed by atoms with Crippen LogP contribution < -0.4 is 14.2 Å². The Balaban J connectivity index is 1.55. The topological polar surface area (TPSA) is 57.2 Å². The molecule has 0 amide bonds. The summed E-state index contributed by atoms with van der Waals surface area (Å²) in [4.78, 5) is 15.9. The lowest BCUT2D eigenvalue weighted by Gasteiger charge is -2.43. The van der Waals surface area contributed by atoms with Crippen LogP contribution in [0.25, 0.3) is 0 Å². The first-order valence-corrected chi connectivity index (χ1v) is 12.1. The number of likely N-dealkylation sites (tertiary alicyclic amines) is 1. The molecule has 0 radical (unpaired) electrons. The maximum Gasteiger partial charge on any atom is 0.310 e. The average Bonchev–Trinajstić information content (AvgIpc) is 3.37. The molecule has 182 valence electrons. The summed E-state index contributed by atoms with van der Waals surface area (Å²) in [5.74, 6) is 1.69. The van der Waals surface area contributed by atoms with Crippen molar-refractivity contribution in [1.29, 1.82) is 0 Å². The van der Waals surface area contributed by atoms with Gasteiger partial charge in [0.25, 0.3) is 0 Å². The Bertz CT molecular complexity index is 1150. The molecule has 1 saturated heterocycles. The maximum atomic E-state index is 13.5. The second-order valence-corrected chi connectivity index (χ2v) is 9.06. The zero-order valence-electron chi connectivity index (χ0n) is 20.2. The third-order valence-corrected chi connectivity index (χ3v) is 6.95. The first-order chi connectivity index (χ1) is 17.2. The van der Waals surface area contributed by atoms with E-state index in [1.165, 1.54) is 5.56 Å². The van der Waals surface area contributed by atoms with Crippen molar-refractivity contribution >= 4 is 5.97 Å². The molecule has 0 aromatic heterocycles. The van der Waals surface area contributed by atoms with Crippen molar-refractivity contribution in [2.75, 3.05) is 33.6 Å². The minimum atomic E-state index is -0.323. The lowest BCUT2D eigenvalue weighted by atomic mass is 9.71. The zero-order chi connectivity index (χ0) is 24.2. The van der Waals surface area contributed by atoms with Gasteiger partial charge < -0.3 is 18.9 Å². The molecule has 35 heavy (non-hydrogen) atoms. The largest absolute Gasteiger partial charge is 0.497 e. The number of carbonyl (C=O) groups excluding carboxylic acids is 1. The van der Waals surface area contributed by atoms with E-state index in [4.69, 9.17) is 18.9 Å². The molecule has 0 aliphatic carbocycles. The molecular formula is C29H31NO5. The van der Waals surface area contributed by atoms with Crippen LogP contribution >= 0.6 is 0 Å². The number of hydrogen-bond acceptors (Lipinski definition) is 6. The van der Waals surface area contributed by atoms with E-state index in [0.29, 0.717) is 6.61 Å². The van der Waals surface area contributed by atoms with Gasteiger partial charge in [0.1, 0.15) is 5.75 Å². The molecule has 2 aliphatic heterocycles. The third-order valence-electron chi connectivity index (χ3n) is 6.95. The average molecular weight is 474 g/mol. The molecule has 3 unspecified atom stereocenters. The number of esters is 1. The van der Waals surface area contributed by atoms with Crippen LogP contribution in [-0.4, -0.2) is 44.5 Å². The fourth-order valence-electron chi connectivity index (χ4n) is 5.30. The van der Waals surface area contributed by atoms with E-state index in [-0.39, 0.29) is 30.5 Å². The van der Waals surface area contributed by atoms with Crippen LogP contribution in [0.5, 0.6) is 17.2 Å². The molecule has 3 atom stereocenters. The van der Waals surface area contributed by atoms with Gasteiger partial charge in [-0.15, -0.1) is 0 Å². The van der Waals surface area contributed by atoms with Crippen molar-refractivity contribution in [3.63, 3.8) is 0 Å². The summed E-state index contributed by atoms with van der Waals surface area (Å²) in [6, 6.07) is 24.5. The van der Waals surface area contributed by atoms with Crippen LogP contribution in [0.3, 0.4) is 0 Å². The summed E-state index contributed by atoms with van der Waals surface area (Å²) < 4.78 is 22.2. The van der Waals surface area contributed by atoms with Gasteiger partial charge >= 0.3 is 5.97 Å². The van der Waals surface area contributed by atoms with E-state index >= 15 is 0 Å². The Hall–Kier alpha value is -3.51. The van der Waals surface area contributed by atoms with Gasteiger partial charge in [-0.3, -0.25) is 9.69 Å². The number of methoxy groups -OCH3 is 1. The first-order valence-electron chi connectivity index (χ1n) is 12.1. The van der Waals surface area contributed by atoms with Gasteiger partial charge in [-0.05, 0) is 47.9 Å². The monoisotopic (exact) mass is 473 g/mol. The molecular weight excluding hydrogens is 442 g/mol. The Morgan fingerprint density at radius 3 is 2.31 bits per heavy atom. The van der Waals surface area contributed by atoms with Gasteiger partial charge in [0.2, 0.25) is 6.79 Å². The summed E-state index contributed by atoms with van der Waals surface area (Å²) in [7, 11) is 1.66. The SMILES string of the molecule is CCOC(=O)C1C(c2ccc(OC)cc2)CN(Cc2ccccc2)CC1c1ccc2c(c1)OCO2. The minimum Gasteiger partial charge on any atom is -0.497 e. The standard InChI is InChI=1S/C29H31NO5/c1-3-33-29(31)28-24(21-9-12-23(32-2)13-10-21)17-30(16-20-7-5-4-6-8-20)18-25(28)22-11-14-26-27(15-22)35-19-34-26/h4-15,24-25,28H,3,16-19H2,1-2H3. The van der Waals surface area contributed by atoms with E-state index in [0.717, 1.165) is 48.0 Å². The molecule has 3 aromatic rings. The molecule has 6 heteroatoms. The van der Waals surface area contributed by atoms with E-state index < -0.39 is 0 Å². The van der Waals surface area contributed by atoms with Crippen LogP contribution in [0.1, 0.15) is 35.4 Å². The van der Waals surface area contributed by atoms with Crippen LogP contribution in [0, 0.1) is 5.92 Å². The fraction of sp³-hybridized carbons (Fsp3) is 0.345. The van der Waals surface area contributed by atoms with Crippen molar-refractivity contribution in [2.24, 2.45) is 5.92 Å². The minimum absolute atomic E-state index is 0.0344. The van der Waals surface area contributed by atoms with Gasteiger partial charge in [0.15, 0.2) is 11.5 Å². The number of ether oxygens (including phenoxy) is 4. The van der Waals surface area contributed by atoms with Gasteiger partial charge in [-0.25, -0.2) is 0 Å². The van der Waals surface area contributed by atoms with Crippen molar-refractivity contribution in [3.05, 3.63) is 89.5 Å². The number of carbonyl (C=O) groups is 1. The van der Waals surface area contributed by atoms with Crippen molar-refractivity contribution in [3.8, 4) is 17.2 Å². The second-order valence-electron chi connectivity index (χ2n) is 9.06. The van der Waals surface area contributed by atoms with Gasteiger partial charge in [0.05, 0.1) is 19.6 Å². The van der Waals surface area contributed by atoms with Gasteiger partial charge in [0, 0.05) is 31.5 Å². The molecule has 0 N–H and O–H groups in total. The highest BCUT2D eigenvalue weighted by molar-refractivity contribution is 5.76. The number of piperidine rings is 1. The summed E-state index contributed by atoms with van der Waals surface area (Å²) in [6.07, 6.45) is 0. The van der Waals surface area contributed by atoms with Crippen LogP contribution in [-0.2, 0) is 16.1 Å². The Kier molecular flexibility index (Phi) is 6.91. The molecule has 0 bridgehead atoms. The van der Waals surface area contributed by atoms with Gasteiger partial charge in [-0.1, -0.05) is 48.5 Å². The summed E-state index contributed by atoms with van der Waals surface area (Å²) in [5, 5.41) is 0. The normalized spacial score (nSPS) is 21.5. The molecule has 0 saturated carbocycles. The summed E-state index contributed by atoms with van der Waals surface area (Å²) in [6.45, 7) is 4.74. The number of hydrogen-bond donors (Lipinski definition) is 0. The molecule has 1 fully saturated rings. The highest BCUT2D eigenvalue weighted by Gasteiger charge is 2.44. The maximum absolute atomic E-state index is 13.5. The zero-order valence-corrected chi connectivity index (χ0v) is 20.2. The lowest BCUT2D eigenvalue weighted by Crippen LogP contribution is -2.47. The van der Waals surface area contributed by atoms with Crippen LogP contribution in [0.4, 0.5) is 0 Å². The fourth-order valence-corrected chi connectivity index (χ4v) is 5.30. The smallest absolute Gasteiger partial charge is 0.310 e. The molecule has 2 aliphatic rings. The van der Waals surface area contributed by atoms with Gasteiger partial charge in [-0.2, -0.15) is 0 Å². The quantitative estimate of drug-likeness (QED) is 0.451.